The zero-order chi connectivity index (χ0) is 22.2. The summed E-state index contributed by atoms with van der Waals surface area (Å²) in [6.07, 6.45) is 0.715. The number of nitrogens with one attached hydrogen (secondary N) is 2. The molecule has 0 saturated carbocycles. The Morgan fingerprint density at radius 2 is 1.87 bits per heavy atom. The Labute approximate surface area is 177 Å². The van der Waals surface area contributed by atoms with Crippen molar-refractivity contribution in [3.05, 3.63) is 35.4 Å². The number of hydrogen-bond donors (Lipinski definition) is 2. The monoisotopic (exact) mass is 433 g/mol. The van der Waals surface area contributed by atoms with Gasteiger partial charge in [0.2, 0.25) is 11.8 Å². The van der Waals surface area contributed by atoms with E-state index in [9.17, 15) is 24.0 Å². The highest BCUT2D eigenvalue weighted by Gasteiger charge is 2.64. The number of likely N-dealkylation sites (N-methyl/N-ethyl adjacent to an activating group) is 1. The maximum Gasteiger partial charge on any atom is 0.337 e. The fourth-order valence-electron chi connectivity index (χ4n) is 3.78. The van der Waals surface area contributed by atoms with Gasteiger partial charge in [-0.25, -0.2) is 4.79 Å². The predicted octanol–water partition coefficient (Wildman–Crippen LogP) is 0.396. The maximum absolute atomic E-state index is 12.8. The van der Waals surface area contributed by atoms with Crippen molar-refractivity contribution < 1.29 is 28.7 Å². The summed E-state index contributed by atoms with van der Waals surface area (Å²) in [6, 6.07) is 4.13. The Morgan fingerprint density at radius 1 is 1.23 bits per heavy atom. The van der Waals surface area contributed by atoms with Crippen LogP contribution in [0.5, 0.6) is 0 Å². The maximum atomic E-state index is 12.8. The largest absolute Gasteiger partial charge is 0.392 e. The number of rotatable bonds is 6. The number of hydrogen-bond acceptors (Lipinski definition) is 8. The second-order valence-corrected chi connectivity index (χ2v) is 9.44. The lowest BCUT2D eigenvalue weighted by Crippen LogP contribution is -2.71. The molecule has 2 heterocycles. The van der Waals surface area contributed by atoms with Crippen LogP contribution < -0.4 is 10.6 Å². The fraction of sp³-hybridized carbons (Fsp3) is 0.450. The first-order valence-corrected chi connectivity index (χ1v) is 10.2. The van der Waals surface area contributed by atoms with E-state index in [1.807, 2.05) is 0 Å². The molecule has 0 aliphatic carbocycles. The summed E-state index contributed by atoms with van der Waals surface area (Å²) in [4.78, 5) is 61.3. The highest BCUT2D eigenvalue weighted by atomic mass is 32.2. The number of fused-ring (bicyclic) bond motifs is 1. The molecule has 2 amide bonds. The van der Waals surface area contributed by atoms with Crippen molar-refractivity contribution in [3.63, 3.8) is 0 Å². The molecule has 0 bridgehead atoms. The zero-order valence-corrected chi connectivity index (χ0v) is 17.8. The van der Waals surface area contributed by atoms with Crippen molar-refractivity contribution in [1.29, 1.82) is 0 Å². The zero-order valence-electron chi connectivity index (χ0n) is 17.0. The predicted molar refractivity (Wildman–Crippen MR) is 108 cm³/mol. The molecule has 2 fully saturated rings. The minimum Gasteiger partial charge on any atom is -0.392 e. The third kappa shape index (κ3) is 3.84. The summed E-state index contributed by atoms with van der Waals surface area (Å²) in [6.45, 7) is 4.71. The molecule has 2 saturated heterocycles. The number of nitrogens with zero attached hydrogens (tertiary/aromatic N) is 1. The van der Waals surface area contributed by atoms with Gasteiger partial charge >= 0.3 is 11.9 Å². The second-order valence-electron chi connectivity index (χ2n) is 7.67. The Morgan fingerprint density at radius 3 is 2.40 bits per heavy atom. The summed E-state index contributed by atoms with van der Waals surface area (Å²) >= 11 is 1.37. The molecule has 2 aliphatic heterocycles. The van der Waals surface area contributed by atoms with E-state index in [0.717, 1.165) is 6.92 Å². The van der Waals surface area contributed by atoms with Crippen molar-refractivity contribution in [3.8, 4) is 0 Å². The lowest BCUT2D eigenvalue weighted by atomic mass is 9.95. The van der Waals surface area contributed by atoms with Gasteiger partial charge in [-0.1, -0.05) is 24.3 Å². The first-order chi connectivity index (χ1) is 14.1. The molecule has 3 rings (SSSR count). The van der Waals surface area contributed by atoms with E-state index in [-0.39, 0.29) is 0 Å². The van der Waals surface area contributed by atoms with Gasteiger partial charge in [0, 0.05) is 17.2 Å². The Hall–Kier alpha value is -2.72. The highest BCUT2D eigenvalue weighted by Crippen LogP contribution is 2.51. The van der Waals surface area contributed by atoms with Crippen molar-refractivity contribution in [2.75, 3.05) is 7.05 Å². The Kier molecular flexibility index (Phi) is 6.00. The standard InChI is InChI=1S/C20H23N3O6S/c1-10(25)29-19(28)15-20(2,3)30-18-14(17(27)23(15)18)22-16(26)13(21-4)12-7-5-11(9-24)6-8-12/h5-9,13-15,18,21H,1-4H3,(H,22,26). The number of ether oxygens (including phenoxy) is 1. The van der Waals surface area contributed by atoms with Crippen LogP contribution in [-0.4, -0.2) is 64.2 Å². The molecular formula is C20H23N3O6S. The molecular weight excluding hydrogens is 410 g/mol. The summed E-state index contributed by atoms with van der Waals surface area (Å²) in [5.41, 5.74) is 1.14. The van der Waals surface area contributed by atoms with Crippen LogP contribution >= 0.6 is 11.8 Å². The lowest BCUT2D eigenvalue weighted by Gasteiger charge is -2.44. The van der Waals surface area contributed by atoms with Crippen LogP contribution in [0.25, 0.3) is 0 Å². The molecule has 9 nitrogen and oxygen atoms in total. The number of carbonyl (C=O) groups excluding carboxylic acids is 5. The van der Waals surface area contributed by atoms with Crippen molar-refractivity contribution in [2.45, 2.75) is 49.0 Å². The van der Waals surface area contributed by atoms with Gasteiger partial charge in [-0.2, -0.15) is 0 Å². The smallest absolute Gasteiger partial charge is 0.337 e. The molecule has 2 aliphatic rings. The van der Waals surface area contributed by atoms with Crippen LogP contribution in [-0.2, 0) is 23.9 Å². The molecule has 4 unspecified atom stereocenters. The molecule has 10 heteroatoms. The quantitative estimate of drug-likeness (QED) is 0.286. The van der Waals surface area contributed by atoms with Gasteiger partial charge in [-0.05, 0) is 26.5 Å². The number of benzene rings is 1. The van der Waals surface area contributed by atoms with Gasteiger partial charge in [0.15, 0.2) is 0 Å². The average molecular weight is 433 g/mol. The van der Waals surface area contributed by atoms with Gasteiger partial charge in [0.1, 0.15) is 29.8 Å². The van der Waals surface area contributed by atoms with E-state index in [2.05, 4.69) is 10.6 Å². The third-order valence-corrected chi connectivity index (χ3v) is 6.73. The molecule has 0 aromatic heterocycles. The fourth-order valence-corrected chi connectivity index (χ4v) is 5.40. The van der Waals surface area contributed by atoms with E-state index in [1.54, 1.807) is 45.2 Å². The first-order valence-electron chi connectivity index (χ1n) is 9.35. The number of carbonyl (C=O) groups is 5. The van der Waals surface area contributed by atoms with Crippen molar-refractivity contribution in [2.24, 2.45) is 0 Å². The molecule has 0 radical (unpaired) electrons. The van der Waals surface area contributed by atoms with Gasteiger partial charge in [-0.15, -0.1) is 11.8 Å². The summed E-state index contributed by atoms with van der Waals surface area (Å²) < 4.78 is 4.03. The van der Waals surface area contributed by atoms with Crippen LogP contribution in [0.15, 0.2) is 24.3 Å². The van der Waals surface area contributed by atoms with Gasteiger partial charge < -0.3 is 20.3 Å². The number of β-lactam (4-membered cyclic amide) rings is 1. The molecule has 160 valence electrons. The highest BCUT2D eigenvalue weighted by molar-refractivity contribution is 8.01. The van der Waals surface area contributed by atoms with Gasteiger partial charge in [0.25, 0.3) is 0 Å². The van der Waals surface area contributed by atoms with E-state index >= 15 is 0 Å². The molecule has 30 heavy (non-hydrogen) atoms. The molecule has 0 spiro atoms. The number of aldehydes is 1. The lowest BCUT2D eigenvalue weighted by molar-refractivity contribution is -0.169. The summed E-state index contributed by atoms with van der Waals surface area (Å²) in [5, 5.41) is 5.22. The number of esters is 2. The van der Waals surface area contributed by atoms with Crippen LogP contribution in [0.2, 0.25) is 0 Å². The van der Waals surface area contributed by atoms with Gasteiger partial charge in [-0.3, -0.25) is 19.2 Å². The normalized spacial score (nSPS) is 25.0. The second kappa shape index (κ2) is 8.19. The Bertz CT molecular complexity index is 900. The molecule has 2 N–H and O–H groups in total. The molecule has 4 atom stereocenters. The van der Waals surface area contributed by atoms with E-state index in [4.69, 9.17) is 4.74 Å². The number of thioether (sulfide) groups is 1. The van der Waals surface area contributed by atoms with Crippen LogP contribution in [0, 0.1) is 0 Å². The van der Waals surface area contributed by atoms with E-state index in [1.165, 1.54) is 16.7 Å². The molecule has 1 aromatic rings. The van der Waals surface area contributed by atoms with Crippen LogP contribution in [0.1, 0.15) is 42.7 Å². The Balaban J connectivity index is 1.73. The van der Waals surface area contributed by atoms with Crippen LogP contribution in [0.4, 0.5) is 0 Å². The van der Waals surface area contributed by atoms with E-state index in [0.29, 0.717) is 17.4 Å². The van der Waals surface area contributed by atoms with Crippen molar-refractivity contribution >= 4 is 41.8 Å². The minimum atomic E-state index is -0.909. The van der Waals surface area contributed by atoms with Gasteiger partial charge in [0.05, 0.1) is 0 Å². The average Bonchev–Trinajstić information content (AvgIpc) is 2.94. The topological polar surface area (TPSA) is 122 Å². The van der Waals surface area contributed by atoms with Crippen molar-refractivity contribution in [1.82, 2.24) is 15.5 Å². The van der Waals surface area contributed by atoms with Crippen LogP contribution in [0.3, 0.4) is 0 Å². The SMILES string of the molecule is CNC(C(=O)NC1C(=O)N2C1SC(C)(C)C2C(=O)OC(C)=O)c1ccc(C=O)cc1. The third-order valence-electron chi connectivity index (χ3n) is 5.16. The minimum absolute atomic E-state index is 0.400. The molecule has 1 aromatic carbocycles. The van der Waals surface area contributed by atoms with E-state index < -0.39 is 52.0 Å². The first kappa shape index (κ1) is 22.0. The summed E-state index contributed by atoms with van der Waals surface area (Å²) in [5.74, 6) is -2.31. The summed E-state index contributed by atoms with van der Waals surface area (Å²) in [7, 11) is 1.62. The number of amides is 2.